The van der Waals surface area contributed by atoms with Crippen molar-refractivity contribution in [3.05, 3.63) is 34.2 Å². The largest absolute Gasteiger partial charge is 0.444 e. The topological polar surface area (TPSA) is 80.3 Å². The molecule has 1 aromatic heterocycles. The monoisotopic (exact) mass is 389 g/mol. The first-order valence-electron chi connectivity index (χ1n) is 8.80. The predicted octanol–water partition coefficient (Wildman–Crippen LogP) is 4.59. The average Bonchev–Trinajstić information content (AvgIpc) is 2.97. The second kappa shape index (κ2) is 8.08. The summed E-state index contributed by atoms with van der Waals surface area (Å²) in [5, 5.41) is 7.67. The quantitative estimate of drug-likeness (QED) is 0.802. The van der Waals surface area contributed by atoms with Gasteiger partial charge >= 0.3 is 6.09 Å². The van der Waals surface area contributed by atoms with Gasteiger partial charge in [0, 0.05) is 10.9 Å². The number of amides is 2. The Morgan fingerprint density at radius 1 is 1.11 bits per heavy atom. The number of carbonyl (C=O) groups excluding carboxylic acids is 2. The van der Waals surface area contributed by atoms with Crippen LogP contribution in [0.4, 0.5) is 9.93 Å². The van der Waals surface area contributed by atoms with Crippen LogP contribution in [-0.2, 0) is 9.53 Å². The molecule has 2 rings (SSSR count). The number of alkyl carbamates (subject to hydrolysis) is 1. The molecule has 1 aromatic carbocycles. The molecule has 0 unspecified atom stereocenters. The van der Waals surface area contributed by atoms with Gasteiger partial charge in [-0.05, 0) is 71.2 Å². The summed E-state index contributed by atoms with van der Waals surface area (Å²) in [6.07, 6.45) is -0.629. The van der Waals surface area contributed by atoms with E-state index in [2.05, 4.69) is 41.6 Å². The lowest BCUT2D eigenvalue weighted by molar-refractivity contribution is -0.117. The van der Waals surface area contributed by atoms with Crippen LogP contribution in [-0.4, -0.2) is 28.6 Å². The van der Waals surface area contributed by atoms with Crippen molar-refractivity contribution in [2.75, 3.05) is 5.32 Å². The third-order valence-electron chi connectivity index (χ3n) is 3.98. The van der Waals surface area contributed by atoms with Gasteiger partial charge in [0.2, 0.25) is 5.91 Å². The fraction of sp³-hybridized carbons (Fsp3) is 0.450. The lowest BCUT2D eigenvalue weighted by Crippen LogP contribution is -2.43. The van der Waals surface area contributed by atoms with Crippen molar-refractivity contribution in [1.82, 2.24) is 10.3 Å². The number of nitrogens with one attached hydrogen (secondary N) is 2. The Morgan fingerprint density at radius 2 is 1.74 bits per heavy atom. The molecule has 0 radical (unpaired) electrons. The van der Waals surface area contributed by atoms with Crippen LogP contribution < -0.4 is 10.6 Å². The summed E-state index contributed by atoms with van der Waals surface area (Å²) in [6, 6.07) is 3.50. The number of benzene rings is 1. The number of hydrogen-bond acceptors (Lipinski definition) is 5. The normalized spacial score (nSPS) is 12.4. The molecule has 2 aromatic rings. The minimum absolute atomic E-state index is 0.349. The number of thiazole rings is 1. The van der Waals surface area contributed by atoms with Crippen molar-refractivity contribution in [2.45, 2.75) is 60.1 Å². The summed E-state index contributed by atoms with van der Waals surface area (Å²) in [5.74, 6) is -0.349. The number of ether oxygens (including phenoxy) is 1. The van der Waals surface area contributed by atoms with Crippen LogP contribution in [0.1, 0.15) is 44.4 Å². The molecular formula is C20H27N3O3S. The lowest BCUT2D eigenvalue weighted by Gasteiger charge is -2.21. The van der Waals surface area contributed by atoms with Gasteiger partial charge in [-0.1, -0.05) is 6.07 Å². The van der Waals surface area contributed by atoms with Crippen LogP contribution in [0.15, 0.2) is 17.5 Å². The van der Waals surface area contributed by atoms with E-state index in [0.717, 1.165) is 16.8 Å². The minimum Gasteiger partial charge on any atom is -0.444 e. The van der Waals surface area contributed by atoms with E-state index in [9.17, 15) is 9.59 Å². The molecule has 2 amide bonds. The Labute approximate surface area is 164 Å². The van der Waals surface area contributed by atoms with E-state index < -0.39 is 17.7 Å². The van der Waals surface area contributed by atoms with Gasteiger partial charge in [0.25, 0.3) is 0 Å². The molecule has 0 fully saturated rings. The Balaban J connectivity index is 2.04. The third-order valence-corrected chi connectivity index (χ3v) is 4.74. The summed E-state index contributed by atoms with van der Waals surface area (Å²) < 4.78 is 5.16. The van der Waals surface area contributed by atoms with Gasteiger partial charge < -0.3 is 15.4 Å². The summed E-state index contributed by atoms with van der Waals surface area (Å²) in [4.78, 5) is 28.6. The molecule has 0 spiro atoms. The van der Waals surface area contributed by atoms with E-state index >= 15 is 0 Å². The molecule has 2 N–H and O–H groups in total. The fourth-order valence-electron chi connectivity index (χ4n) is 2.45. The SMILES string of the molecule is Cc1cc(C)c(-c2csc(NC(=O)[C@@H](C)NC(=O)OC(C)(C)C)n2)cc1C. The number of carbonyl (C=O) groups is 2. The first-order chi connectivity index (χ1) is 12.5. The number of anilines is 1. The first kappa shape index (κ1) is 20.9. The molecule has 1 heterocycles. The average molecular weight is 390 g/mol. The second-order valence-corrected chi connectivity index (χ2v) is 8.50. The minimum atomic E-state index is -0.740. The Morgan fingerprint density at radius 3 is 2.37 bits per heavy atom. The zero-order valence-electron chi connectivity index (χ0n) is 16.9. The molecule has 0 bridgehead atoms. The molecule has 27 heavy (non-hydrogen) atoms. The predicted molar refractivity (Wildman–Crippen MR) is 109 cm³/mol. The zero-order chi connectivity index (χ0) is 20.4. The van der Waals surface area contributed by atoms with Crippen LogP contribution in [0.2, 0.25) is 0 Å². The van der Waals surface area contributed by atoms with Crippen LogP contribution in [0.5, 0.6) is 0 Å². The van der Waals surface area contributed by atoms with Gasteiger partial charge in [0.15, 0.2) is 5.13 Å². The standard InChI is InChI=1S/C20H27N3O3S/c1-11-8-13(3)15(9-12(11)2)16-10-27-18(22-16)23-17(24)14(4)21-19(25)26-20(5,6)7/h8-10,14H,1-7H3,(H,21,25)(H,22,23,24)/t14-/m1/s1. The molecule has 7 heteroatoms. The van der Waals surface area contributed by atoms with Crippen LogP contribution >= 0.6 is 11.3 Å². The fourth-order valence-corrected chi connectivity index (χ4v) is 3.17. The summed E-state index contributed by atoms with van der Waals surface area (Å²) in [6.45, 7) is 13.1. The number of hydrogen-bond donors (Lipinski definition) is 2. The maximum absolute atomic E-state index is 12.3. The van der Waals surface area contributed by atoms with Crippen LogP contribution in [0, 0.1) is 20.8 Å². The summed E-state index contributed by atoms with van der Waals surface area (Å²) in [5.41, 5.74) is 4.83. The maximum atomic E-state index is 12.3. The van der Waals surface area contributed by atoms with Crippen molar-refractivity contribution in [3.8, 4) is 11.3 Å². The van der Waals surface area contributed by atoms with Crippen molar-refractivity contribution in [1.29, 1.82) is 0 Å². The Kier molecular flexibility index (Phi) is 6.26. The summed E-state index contributed by atoms with van der Waals surface area (Å²) in [7, 11) is 0. The maximum Gasteiger partial charge on any atom is 0.408 e. The smallest absolute Gasteiger partial charge is 0.408 e. The van der Waals surface area contributed by atoms with E-state index in [1.807, 2.05) is 12.3 Å². The van der Waals surface area contributed by atoms with E-state index in [0.29, 0.717) is 5.13 Å². The van der Waals surface area contributed by atoms with E-state index in [1.165, 1.54) is 22.5 Å². The Hall–Kier alpha value is -2.41. The van der Waals surface area contributed by atoms with Gasteiger partial charge in [0.05, 0.1) is 5.69 Å². The first-order valence-corrected chi connectivity index (χ1v) is 9.68. The molecule has 0 saturated heterocycles. The van der Waals surface area contributed by atoms with Crippen molar-refractivity contribution in [3.63, 3.8) is 0 Å². The van der Waals surface area contributed by atoms with Gasteiger partial charge in [-0.15, -0.1) is 11.3 Å². The number of aryl methyl sites for hydroxylation is 3. The van der Waals surface area contributed by atoms with E-state index in [-0.39, 0.29) is 5.91 Å². The highest BCUT2D eigenvalue weighted by molar-refractivity contribution is 7.14. The number of nitrogens with zero attached hydrogens (tertiary/aromatic N) is 1. The summed E-state index contributed by atoms with van der Waals surface area (Å²) >= 11 is 1.35. The molecular weight excluding hydrogens is 362 g/mol. The molecule has 146 valence electrons. The molecule has 1 atom stereocenters. The number of aromatic nitrogens is 1. The number of rotatable bonds is 4. The van der Waals surface area contributed by atoms with Gasteiger partial charge in [-0.3, -0.25) is 4.79 Å². The second-order valence-electron chi connectivity index (χ2n) is 7.65. The lowest BCUT2D eigenvalue weighted by atomic mass is 9.99. The molecule has 0 aliphatic rings. The van der Waals surface area contributed by atoms with E-state index in [1.54, 1.807) is 27.7 Å². The molecule has 0 saturated carbocycles. The van der Waals surface area contributed by atoms with Crippen LogP contribution in [0.25, 0.3) is 11.3 Å². The van der Waals surface area contributed by atoms with Gasteiger partial charge in [-0.2, -0.15) is 0 Å². The zero-order valence-corrected chi connectivity index (χ0v) is 17.7. The Bertz CT molecular complexity index is 853. The third kappa shape index (κ3) is 5.79. The van der Waals surface area contributed by atoms with E-state index in [4.69, 9.17) is 4.74 Å². The van der Waals surface area contributed by atoms with Crippen molar-refractivity contribution < 1.29 is 14.3 Å². The van der Waals surface area contributed by atoms with Gasteiger partial charge in [-0.25, -0.2) is 9.78 Å². The molecule has 6 nitrogen and oxygen atoms in total. The van der Waals surface area contributed by atoms with Crippen molar-refractivity contribution >= 4 is 28.5 Å². The molecule has 0 aliphatic carbocycles. The van der Waals surface area contributed by atoms with Crippen molar-refractivity contribution in [2.24, 2.45) is 0 Å². The molecule has 0 aliphatic heterocycles. The highest BCUT2D eigenvalue weighted by atomic mass is 32.1. The van der Waals surface area contributed by atoms with Gasteiger partial charge in [0.1, 0.15) is 11.6 Å². The highest BCUT2D eigenvalue weighted by Gasteiger charge is 2.21. The highest BCUT2D eigenvalue weighted by Crippen LogP contribution is 2.29. The van der Waals surface area contributed by atoms with Crippen LogP contribution in [0.3, 0.4) is 0 Å².